The molecule has 6 rings (SSSR count). The molecule has 0 unspecified atom stereocenters. The standard InChI is InChI=1S/C30H18N6O4S4/c1-11(2)9-35-25(37)17-15-16-19(23-21(17)41-29(43-23)13(5-31)6-32)27(39)36(10-12(3)4)28(40)20(16)24-22(18(15)26(35)38)42-30(44-24)14(7-33)8-34/h11-12H,9-10H2,1-4H3. The van der Waals surface area contributed by atoms with Gasteiger partial charge in [0.15, 0.2) is 11.1 Å². The molecule has 6 aromatic rings. The van der Waals surface area contributed by atoms with Gasteiger partial charge in [0, 0.05) is 23.9 Å². The first-order valence-electron chi connectivity index (χ1n) is 13.2. The third kappa shape index (κ3) is 3.97. The molecule has 44 heavy (non-hydrogen) atoms. The van der Waals surface area contributed by atoms with Crippen LogP contribution in [0.1, 0.15) is 27.7 Å². The molecule has 0 fully saturated rings. The molecule has 2 aromatic carbocycles. The van der Waals surface area contributed by atoms with Crippen LogP contribution in [0.3, 0.4) is 0 Å². The SMILES string of the molecule is CC(C)Cn1c(=O)c2c3sc(=C(C#N)C#N)sc3c3c(=O)n(CC(C)C)c(=O)c4c5sc(=C(C#N)C#N)sc5c(c1=O)c2c34. The molecule has 216 valence electrons. The van der Waals surface area contributed by atoms with E-state index < -0.39 is 22.2 Å². The number of rotatable bonds is 4. The molecule has 10 nitrogen and oxygen atoms in total. The van der Waals surface area contributed by atoms with Crippen molar-refractivity contribution in [3.63, 3.8) is 0 Å². The van der Waals surface area contributed by atoms with E-state index in [0.29, 0.717) is 26.5 Å². The van der Waals surface area contributed by atoms with Crippen LogP contribution in [0.25, 0.3) is 62.3 Å². The van der Waals surface area contributed by atoms with Gasteiger partial charge in [-0.15, -0.1) is 45.3 Å². The first-order chi connectivity index (χ1) is 21.0. The summed E-state index contributed by atoms with van der Waals surface area (Å²) in [6.07, 6.45) is 0. The molecule has 0 radical (unpaired) electrons. The van der Waals surface area contributed by atoms with Crippen molar-refractivity contribution in [2.45, 2.75) is 40.8 Å². The molecule has 0 aliphatic rings. The first-order valence-corrected chi connectivity index (χ1v) is 16.5. The van der Waals surface area contributed by atoms with Crippen LogP contribution in [0.2, 0.25) is 0 Å². The smallest absolute Gasteiger partial charge is 0.262 e. The summed E-state index contributed by atoms with van der Waals surface area (Å²) in [5, 5.41) is 39.4. The van der Waals surface area contributed by atoms with Gasteiger partial charge in [-0.2, -0.15) is 21.0 Å². The van der Waals surface area contributed by atoms with Crippen molar-refractivity contribution in [3.8, 4) is 24.3 Å². The van der Waals surface area contributed by atoms with E-state index in [1.54, 1.807) is 0 Å². The summed E-state index contributed by atoms with van der Waals surface area (Å²) in [5.74, 6) is -0.178. The van der Waals surface area contributed by atoms with E-state index in [4.69, 9.17) is 0 Å². The average Bonchev–Trinajstić information content (AvgIpc) is 3.60. The summed E-state index contributed by atoms with van der Waals surface area (Å²) < 4.78 is 4.28. The van der Waals surface area contributed by atoms with Crippen LogP contribution < -0.4 is 29.9 Å². The molecule has 0 amide bonds. The van der Waals surface area contributed by atoms with Gasteiger partial charge in [0.25, 0.3) is 22.2 Å². The van der Waals surface area contributed by atoms with E-state index in [0.717, 1.165) is 54.5 Å². The Balaban J connectivity index is 2.15. The molecule has 0 N–H and O–H groups in total. The summed E-state index contributed by atoms with van der Waals surface area (Å²) in [5.41, 5.74) is -2.75. The van der Waals surface area contributed by atoms with Crippen LogP contribution in [0.4, 0.5) is 0 Å². The van der Waals surface area contributed by atoms with E-state index >= 15 is 0 Å². The minimum Gasteiger partial charge on any atom is -0.274 e. The van der Waals surface area contributed by atoms with Gasteiger partial charge in [0.1, 0.15) is 32.0 Å². The Bertz CT molecular complexity index is 2450. The number of benzene rings is 2. The zero-order valence-corrected chi connectivity index (χ0v) is 26.8. The Labute approximate surface area is 262 Å². The molecule has 0 saturated heterocycles. The largest absolute Gasteiger partial charge is 0.274 e. The summed E-state index contributed by atoms with van der Waals surface area (Å²) in [6, 6.07) is 7.51. The van der Waals surface area contributed by atoms with Crippen LogP contribution in [-0.2, 0) is 13.1 Å². The monoisotopic (exact) mass is 654 g/mol. The van der Waals surface area contributed by atoms with Gasteiger partial charge >= 0.3 is 0 Å². The number of nitriles is 4. The van der Waals surface area contributed by atoms with Crippen molar-refractivity contribution in [2.75, 3.05) is 0 Å². The third-order valence-electron chi connectivity index (χ3n) is 7.14. The van der Waals surface area contributed by atoms with Gasteiger partial charge in [-0.25, -0.2) is 0 Å². The van der Waals surface area contributed by atoms with Gasteiger partial charge in [0.2, 0.25) is 0 Å². The van der Waals surface area contributed by atoms with E-state index in [9.17, 15) is 40.2 Å². The van der Waals surface area contributed by atoms with Gasteiger partial charge in [-0.3, -0.25) is 28.3 Å². The highest BCUT2D eigenvalue weighted by atomic mass is 32.2. The van der Waals surface area contributed by atoms with E-state index in [1.165, 1.54) is 0 Å². The third-order valence-corrected chi connectivity index (χ3v) is 12.4. The predicted molar refractivity (Wildman–Crippen MR) is 176 cm³/mol. The van der Waals surface area contributed by atoms with Crippen molar-refractivity contribution in [1.29, 1.82) is 21.0 Å². The molecular formula is C30H18N6O4S4. The number of nitrogens with zero attached hydrogens (tertiary/aromatic N) is 6. The van der Waals surface area contributed by atoms with Crippen molar-refractivity contribution < 1.29 is 0 Å². The Morgan fingerprint density at radius 1 is 0.523 bits per heavy atom. The van der Waals surface area contributed by atoms with Crippen LogP contribution >= 0.6 is 45.3 Å². The second-order valence-corrected chi connectivity index (χ2v) is 15.6. The van der Waals surface area contributed by atoms with E-state index in [1.807, 2.05) is 52.0 Å². The lowest BCUT2D eigenvalue weighted by Gasteiger charge is -2.17. The van der Waals surface area contributed by atoms with Crippen LogP contribution in [0, 0.1) is 57.2 Å². The lowest BCUT2D eigenvalue weighted by molar-refractivity contribution is 0.505. The van der Waals surface area contributed by atoms with Gasteiger partial charge in [-0.1, -0.05) is 27.7 Å². The summed E-state index contributed by atoms with van der Waals surface area (Å²) >= 11 is 4.11. The Hall–Kier alpha value is -4.70. The number of hydrogen-bond donors (Lipinski definition) is 0. The number of pyridine rings is 2. The lowest BCUT2D eigenvalue weighted by Crippen LogP contribution is -2.37. The van der Waals surface area contributed by atoms with Crippen LogP contribution in [0.15, 0.2) is 19.2 Å². The number of aromatic nitrogens is 2. The average molecular weight is 655 g/mol. The normalized spacial score (nSPS) is 11.6. The molecule has 0 aliphatic heterocycles. The van der Waals surface area contributed by atoms with Gasteiger partial charge < -0.3 is 0 Å². The van der Waals surface area contributed by atoms with Crippen LogP contribution in [0.5, 0.6) is 0 Å². The van der Waals surface area contributed by atoms with Crippen molar-refractivity contribution in [3.05, 3.63) is 49.1 Å². The highest BCUT2D eigenvalue weighted by Gasteiger charge is 2.30. The molecule has 0 bridgehead atoms. The number of hydrogen-bond acceptors (Lipinski definition) is 12. The topological polar surface area (TPSA) is 173 Å². The van der Waals surface area contributed by atoms with Crippen LogP contribution in [-0.4, -0.2) is 9.13 Å². The molecule has 4 aromatic heterocycles. The summed E-state index contributed by atoms with van der Waals surface area (Å²) in [6.45, 7) is 7.63. The quantitative estimate of drug-likeness (QED) is 0.258. The number of fused-ring (bicyclic) bond motifs is 6. The van der Waals surface area contributed by atoms with Crippen molar-refractivity contribution in [2.24, 2.45) is 11.8 Å². The maximum absolute atomic E-state index is 14.2. The predicted octanol–water partition coefficient (Wildman–Crippen LogP) is 3.89. The fourth-order valence-corrected chi connectivity index (χ4v) is 10.8. The maximum atomic E-state index is 14.2. The fourth-order valence-electron chi connectivity index (χ4n) is 5.50. The maximum Gasteiger partial charge on any atom is 0.262 e. The molecule has 4 heterocycles. The fraction of sp³-hybridized carbons (Fsp3) is 0.267. The Morgan fingerprint density at radius 2 is 0.773 bits per heavy atom. The Morgan fingerprint density at radius 3 is 0.977 bits per heavy atom. The molecule has 0 saturated carbocycles. The summed E-state index contributed by atoms with van der Waals surface area (Å²) in [4.78, 5) is 57.0. The second kappa shape index (κ2) is 10.5. The molecule has 0 atom stereocenters. The van der Waals surface area contributed by atoms with E-state index in [-0.39, 0.29) is 68.4 Å². The molecular weight excluding hydrogens is 637 g/mol. The molecule has 0 spiro atoms. The Kier molecular flexibility index (Phi) is 7.00. The second-order valence-electron chi connectivity index (χ2n) is 11.0. The first kappa shape index (κ1) is 29.4. The van der Waals surface area contributed by atoms with Crippen molar-refractivity contribution in [1.82, 2.24) is 9.13 Å². The van der Waals surface area contributed by atoms with Gasteiger partial charge in [-0.05, 0) is 11.8 Å². The highest BCUT2D eigenvalue weighted by Crippen LogP contribution is 2.44. The van der Waals surface area contributed by atoms with Crippen molar-refractivity contribution >= 4 is 108 Å². The zero-order valence-electron chi connectivity index (χ0n) is 23.5. The zero-order chi connectivity index (χ0) is 31.8. The minimum absolute atomic E-state index is 0.0891. The lowest BCUT2D eigenvalue weighted by atomic mass is 9.96. The summed E-state index contributed by atoms with van der Waals surface area (Å²) in [7, 11) is 0. The molecule has 0 aliphatic carbocycles. The molecule has 14 heteroatoms. The highest BCUT2D eigenvalue weighted by molar-refractivity contribution is 7.38. The minimum atomic E-state index is -0.597. The van der Waals surface area contributed by atoms with Gasteiger partial charge in [0.05, 0.1) is 40.3 Å². The van der Waals surface area contributed by atoms with E-state index in [2.05, 4.69) is 0 Å².